The van der Waals surface area contributed by atoms with E-state index in [1.807, 2.05) is 25.1 Å². The van der Waals surface area contributed by atoms with Crippen molar-refractivity contribution in [1.82, 2.24) is 9.88 Å². The van der Waals surface area contributed by atoms with Crippen molar-refractivity contribution in [3.8, 4) is 0 Å². The fourth-order valence-corrected chi connectivity index (χ4v) is 3.83. The summed E-state index contributed by atoms with van der Waals surface area (Å²) in [5, 5.41) is 4.36. The number of rotatable bonds is 5. The number of thioether (sulfide) groups is 1. The highest BCUT2D eigenvalue weighted by molar-refractivity contribution is 7.99. The number of fused-ring (bicyclic) bond motifs is 1. The van der Waals surface area contributed by atoms with E-state index in [1.165, 1.54) is 0 Å². The molecule has 1 aromatic carbocycles. The molecule has 3 aromatic rings. The summed E-state index contributed by atoms with van der Waals surface area (Å²) in [4.78, 5) is 31.9. The lowest BCUT2D eigenvalue weighted by atomic mass is 10.2. The highest BCUT2D eigenvalue weighted by Gasteiger charge is 2.27. The molecule has 1 aliphatic heterocycles. The number of hydrogen-bond acceptors (Lipinski definition) is 6. The number of carbonyl (C=O) groups is 2. The number of amides is 2. The lowest BCUT2D eigenvalue weighted by Gasteiger charge is -2.26. The SMILES string of the molecule is CCSc1cc(C(=O)Nc2c(C(=O)N3CCOCC3)oc3ccccc23)ccn1. The fourth-order valence-electron chi connectivity index (χ4n) is 3.19. The number of furan rings is 1. The van der Waals surface area contributed by atoms with Gasteiger partial charge in [-0.3, -0.25) is 9.59 Å². The molecule has 1 fully saturated rings. The summed E-state index contributed by atoms with van der Waals surface area (Å²) >= 11 is 1.56. The van der Waals surface area contributed by atoms with Crippen LogP contribution < -0.4 is 5.32 Å². The number of nitrogens with zero attached hydrogens (tertiary/aromatic N) is 2. The van der Waals surface area contributed by atoms with E-state index in [1.54, 1.807) is 41.1 Å². The average molecular weight is 411 g/mol. The summed E-state index contributed by atoms with van der Waals surface area (Å²) < 4.78 is 11.2. The van der Waals surface area contributed by atoms with Crippen LogP contribution in [0.4, 0.5) is 5.69 Å². The van der Waals surface area contributed by atoms with Gasteiger partial charge in [0.15, 0.2) is 0 Å². The molecule has 0 atom stereocenters. The first-order valence-electron chi connectivity index (χ1n) is 9.46. The van der Waals surface area contributed by atoms with Crippen LogP contribution in [-0.4, -0.2) is 53.8 Å². The summed E-state index contributed by atoms with van der Waals surface area (Å²) in [7, 11) is 0. The molecule has 1 N–H and O–H groups in total. The van der Waals surface area contributed by atoms with Gasteiger partial charge in [0.2, 0.25) is 5.76 Å². The van der Waals surface area contributed by atoms with Gasteiger partial charge in [-0.25, -0.2) is 4.98 Å². The topological polar surface area (TPSA) is 84.7 Å². The van der Waals surface area contributed by atoms with Crippen LogP contribution in [0.3, 0.4) is 0 Å². The van der Waals surface area contributed by atoms with Gasteiger partial charge in [-0.1, -0.05) is 19.1 Å². The van der Waals surface area contributed by atoms with Gasteiger partial charge in [-0.05, 0) is 30.0 Å². The monoisotopic (exact) mass is 411 g/mol. The largest absolute Gasteiger partial charge is 0.449 e. The Morgan fingerprint density at radius 1 is 1.21 bits per heavy atom. The smallest absolute Gasteiger partial charge is 0.291 e. The Morgan fingerprint density at radius 2 is 2.00 bits per heavy atom. The molecule has 4 rings (SSSR count). The zero-order chi connectivity index (χ0) is 20.2. The zero-order valence-electron chi connectivity index (χ0n) is 16.0. The summed E-state index contributed by atoms with van der Waals surface area (Å²) in [5.74, 6) is 0.436. The van der Waals surface area contributed by atoms with Gasteiger partial charge in [0.05, 0.1) is 18.2 Å². The normalized spacial score (nSPS) is 14.2. The molecule has 0 bridgehead atoms. The van der Waals surface area contributed by atoms with Crippen molar-refractivity contribution in [2.24, 2.45) is 0 Å². The van der Waals surface area contributed by atoms with Crippen LogP contribution in [0.5, 0.6) is 0 Å². The fraction of sp³-hybridized carbons (Fsp3) is 0.286. The Bertz CT molecular complexity index is 1040. The molecule has 29 heavy (non-hydrogen) atoms. The quantitative estimate of drug-likeness (QED) is 0.645. The van der Waals surface area contributed by atoms with Crippen LogP contribution in [0, 0.1) is 0 Å². The number of hydrogen-bond donors (Lipinski definition) is 1. The number of aromatic nitrogens is 1. The third kappa shape index (κ3) is 4.13. The lowest BCUT2D eigenvalue weighted by Crippen LogP contribution is -2.40. The predicted molar refractivity (Wildman–Crippen MR) is 112 cm³/mol. The Kier molecular flexibility index (Phi) is 5.82. The number of para-hydroxylation sites is 1. The third-order valence-corrected chi connectivity index (χ3v) is 5.42. The second kappa shape index (κ2) is 8.67. The predicted octanol–water partition coefficient (Wildman–Crippen LogP) is 3.66. The van der Waals surface area contributed by atoms with E-state index in [4.69, 9.17) is 9.15 Å². The highest BCUT2D eigenvalue weighted by Crippen LogP contribution is 2.32. The minimum absolute atomic E-state index is 0.138. The summed E-state index contributed by atoms with van der Waals surface area (Å²) in [6.07, 6.45) is 1.61. The van der Waals surface area contributed by atoms with Crippen LogP contribution in [0.25, 0.3) is 11.0 Å². The molecular formula is C21H21N3O4S. The molecule has 1 aliphatic rings. The molecule has 8 heteroatoms. The van der Waals surface area contributed by atoms with Crippen LogP contribution in [-0.2, 0) is 4.74 Å². The van der Waals surface area contributed by atoms with Gasteiger partial charge >= 0.3 is 0 Å². The van der Waals surface area contributed by atoms with E-state index in [9.17, 15) is 9.59 Å². The van der Waals surface area contributed by atoms with E-state index in [2.05, 4.69) is 10.3 Å². The minimum Gasteiger partial charge on any atom is -0.449 e. The van der Waals surface area contributed by atoms with Crippen LogP contribution >= 0.6 is 11.8 Å². The second-order valence-electron chi connectivity index (χ2n) is 6.48. The first-order chi connectivity index (χ1) is 14.2. The van der Waals surface area contributed by atoms with E-state index in [-0.39, 0.29) is 17.6 Å². The Labute approximate surface area is 172 Å². The maximum absolute atomic E-state index is 13.1. The first kappa shape index (κ1) is 19.5. The molecule has 0 unspecified atom stereocenters. The highest BCUT2D eigenvalue weighted by atomic mass is 32.2. The Hall–Kier alpha value is -2.84. The number of pyridine rings is 1. The maximum atomic E-state index is 13.1. The molecule has 2 aromatic heterocycles. The molecule has 2 amide bonds. The van der Waals surface area contributed by atoms with Crippen LogP contribution in [0.1, 0.15) is 27.8 Å². The Balaban J connectivity index is 1.68. The average Bonchev–Trinajstić information content (AvgIpc) is 3.12. The van der Waals surface area contributed by atoms with Crippen molar-refractivity contribution >= 4 is 40.2 Å². The second-order valence-corrected chi connectivity index (χ2v) is 7.76. The Morgan fingerprint density at radius 3 is 2.79 bits per heavy atom. The molecular weight excluding hydrogens is 390 g/mol. The minimum atomic E-state index is -0.312. The summed E-state index contributed by atoms with van der Waals surface area (Å²) in [6, 6.07) is 10.7. The number of morpholine rings is 1. The van der Waals surface area contributed by atoms with E-state index in [0.29, 0.717) is 48.5 Å². The summed E-state index contributed by atoms with van der Waals surface area (Å²) in [5.41, 5.74) is 1.42. The van der Waals surface area contributed by atoms with Crippen molar-refractivity contribution in [2.45, 2.75) is 11.9 Å². The zero-order valence-corrected chi connectivity index (χ0v) is 16.8. The van der Waals surface area contributed by atoms with Crippen molar-refractivity contribution in [3.05, 3.63) is 53.9 Å². The molecule has 150 valence electrons. The van der Waals surface area contributed by atoms with Crippen molar-refractivity contribution < 1.29 is 18.7 Å². The molecule has 0 saturated carbocycles. The van der Waals surface area contributed by atoms with Gasteiger partial charge in [0.1, 0.15) is 11.3 Å². The molecule has 7 nitrogen and oxygen atoms in total. The van der Waals surface area contributed by atoms with Crippen molar-refractivity contribution in [3.63, 3.8) is 0 Å². The molecule has 1 saturated heterocycles. The van der Waals surface area contributed by atoms with Crippen LogP contribution in [0.15, 0.2) is 52.0 Å². The number of benzene rings is 1. The van der Waals surface area contributed by atoms with E-state index < -0.39 is 0 Å². The van der Waals surface area contributed by atoms with Gasteiger partial charge in [0, 0.05) is 30.2 Å². The van der Waals surface area contributed by atoms with E-state index >= 15 is 0 Å². The molecule has 0 aliphatic carbocycles. The number of nitrogens with one attached hydrogen (secondary N) is 1. The van der Waals surface area contributed by atoms with Crippen LogP contribution in [0.2, 0.25) is 0 Å². The van der Waals surface area contributed by atoms with Gasteiger partial charge in [-0.15, -0.1) is 11.8 Å². The number of carbonyl (C=O) groups excluding carboxylic acids is 2. The number of ether oxygens (including phenoxy) is 1. The lowest BCUT2D eigenvalue weighted by molar-refractivity contribution is 0.0285. The number of anilines is 1. The maximum Gasteiger partial charge on any atom is 0.291 e. The summed E-state index contributed by atoms with van der Waals surface area (Å²) in [6.45, 7) is 3.99. The first-order valence-corrected chi connectivity index (χ1v) is 10.4. The molecule has 0 spiro atoms. The van der Waals surface area contributed by atoms with E-state index in [0.717, 1.165) is 10.8 Å². The van der Waals surface area contributed by atoms with Crippen molar-refractivity contribution in [1.29, 1.82) is 0 Å². The van der Waals surface area contributed by atoms with Crippen molar-refractivity contribution in [2.75, 3.05) is 37.4 Å². The van der Waals surface area contributed by atoms with Gasteiger partial charge < -0.3 is 19.4 Å². The van der Waals surface area contributed by atoms with Gasteiger partial charge in [-0.2, -0.15) is 0 Å². The third-order valence-electron chi connectivity index (χ3n) is 4.62. The standard InChI is InChI=1S/C21H21N3O4S/c1-2-29-17-13-14(7-8-22-17)20(25)23-18-15-5-3-4-6-16(15)28-19(18)21(26)24-9-11-27-12-10-24/h3-8,13H,2,9-12H2,1H3,(H,23,25). The van der Waals surface area contributed by atoms with Gasteiger partial charge in [0.25, 0.3) is 11.8 Å². The molecule has 0 radical (unpaired) electrons. The molecule has 3 heterocycles.